The monoisotopic (exact) mass is 266 g/mol. The molecule has 3 nitrogen and oxygen atoms in total. The van der Waals surface area contributed by atoms with Gasteiger partial charge in [0.05, 0.1) is 5.75 Å². The molecule has 94 valence electrons. The van der Waals surface area contributed by atoms with Crippen LogP contribution in [0.3, 0.4) is 0 Å². The Morgan fingerprint density at radius 2 is 1.61 bits per heavy atom. The standard InChI is InChI=1S/C13H11FO3S/c14-12-3-1-2-4-13(12)18(16,17)9-10-5-7-11(15)8-6-10/h1-8,15H,9H2. The van der Waals surface area contributed by atoms with Gasteiger partial charge in [-0.05, 0) is 29.8 Å². The summed E-state index contributed by atoms with van der Waals surface area (Å²) < 4.78 is 37.4. The minimum Gasteiger partial charge on any atom is -0.508 e. The molecule has 2 aromatic rings. The molecule has 0 bridgehead atoms. The van der Waals surface area contributed by atoms with Gasteiger partial charge in [0, 0.05) is 0 Å². The first-order valence-corrected chi connectivity index (χ1v) is 6.89. The number of hydrogen-bond donors (Lipinski definition) is 1. The topological polar surface area (TPSA) is 54.4 Å². The summed E-state index contributed by atoms with van der Waals surface area (Å²) in [5.41, 5.74) is 0.496. The first kappa shape index (κ1) is 12.6. The minimum absolute atomic E-state index is 0.0574. The molecule has 0 radical (unpaired) electrons. The number of phenols is 1. The molecule has 2 rings (SSSR count). The van der Waals surface area contributed by atoms with Crippen molar-refractivity contribution >= 4 is 9.84 Å². The second-order valence-corrected chi connectivity index (χ2v) is 5.81. The lowest BCUT2D eigenvalue weighted by atomic mass is 10.2. The summed E-state index contributed by atoms with van der Waals surface area (Å²) >= 11 is 0. The van der Waals surface area contributed by atoms with Gasteiger partial charge in [0.15, 0.2) is 9.84 Å². The number of phenolic OH excluding ortho intramolecular Hbond substituents is 1. The average molecular weight is 266 g/mol. The lowest BCUT2D eigenvalue weighted by Gasteiger charge is -2.05. The molecule has 0 amide bonds. The van der Waals surface area contributed by atoms with Gasteiger partial charge in [-0.1, -0.05) is 24.3 Å². The van der Waals surface area contributed by atoms with Crippen LogP contribution in [-0.2, 0) is 15.6 Å². The second-order valence-electron chi connectivity index (χ2n) is 3.86. The van der Waals surface area contributed by atoms with Gasteiger partial charge in [0.25, 0.3) is 0 Å². The second kappa shape index (κ2) is 4.78. The van der Waals surface area contributed by atoms with Crippen LogP contribution in [0.25, 0.3) is 0 Å². The number of benzene rings is 2. The summed E-state index contributed by atoms with van der Waals surface area (Å²) in [7, 11) is -3.71. The van der Waals surface area contributed by atoms with Crippen LogP contribution in [0.4, 0.5) is 4.39 Å². The van der Waals surface area contributed by atoms with Crippen molar-refractivity contribution in [3.05, 3.63) is 59.9 Å². The first-order valence-electron chi connectivity index (χ1n) is 5.24. The van der Waals surface area contributed by atoms with Gasteiger partial charge in [-0.2, -0.15) is 0 Å². The molecule has 0 atom stereocenters. The molecule has 0 aliphatic carbocycles. The molecule has 0 aromatic heterocycles. The van der Waals surface area contributed by atoms with E-state index < -0.39 is 15.7 Å². The van der Waals surface area contributed by atoms with Crippen molar-refractivity contribution in [3.63, 3.8) is 0 Å². The van der Waals surface area contributed by atoms with Crippen molar-refractivity contribution in [1.29, 1.82) is 0 Å². The predicted octanol–water partition coefficient (Wildman–Crippen LogP) is 2.51. The molecule has 18 heavy (non-hydrogen) atoms. The summed E-state index contributed by atoms with van der Waals surface area (Å²) in [6.07, 6.45) is 0. The summed E-state index contributed by atoms with van der Waals surface area (Å²) in [6.45, 7) is 0. The number of rotatable bonds is 3. The number of hydrogen-bond acceptors (Lipinski definition) is 3. The molecule has 0 aliphatic rings. The van der Waals surface area contributed by atoms with Gasteiger partial charge in [-0.25, -0.2) is 12.8 Å². The molecule has 0 unspecified atom stereocenters. The number of halogens is 1. The van der Waals surface area contributed by atoms with E-state index in [1.54, 1.807) is 0 Å². The minimum atomic E-state index is -3.71. The van der Waals surface area contributed by atoms with Crippen LogP contribution >= 0.6 is 0 Å². The van der Waals surface area contributed by atoms with Crippen LogP contribution in [0.15, 0.2) is 53.4 Å². The molecule has 5 heteroatoms. The molecule has 1 N–H and O–H groups in total. The smallest absolute Gasteiger partial charge is 0.185 e. The van der Waals surface area contributed by atoms with E-state index in [4.69, 9.17) is 5.11 Å². The lowest BCUT2D eigenvalue weighted by Crippen LogP contribution is -2.07. The van der Waals surface area contributed by atoms with Crippen LogP contribution in [0, 0.1) is 5.82 Å². The molecule has 0 spiro atoms. The van der Waals surface area contributed by atoms with Crippen molar-refractivity contribution in [1.82, 2.24) is 0 Å². The van der Waals surface area contributed by atoms with E-state index in [1.165, 1.54) is 42.5 Å². The van der Waals surface area contributed by atoms with E-state index >= 15 is 0 Å². The molecule has 0 fully saturated rings. The highest BCUT2D eigenvalue weighted by atomic mass is 32.2. The Bertz CT molecular complexity index is 648. The fourth-order valence-electron chi connectivity index (χ4n) is 1.59. The molecule has 0 saturated carbocycles. The molecular formula is C13H11FO3S. The van der Waals surface area contributed by atoms with E-state index in [2.05, 4.69) is 0 Å². The Balaban J connectivity index is 2.33. The zero-order valence-corrected chi connectivity index (χ0v) is 10.2. The summed E-state index contributed by atoms with van der Waals surface area (Å²) in [6, 6.07) is 11.1. The largest absolute Gasteiger partial charge is 0.508 e. The Labute approximate surface area is 104 Å². The van der Waals surface area contributed by atoms with E-state index in [1.807, 2.05) is 0 Å². The Hall–Kier alpha value is -1.88. The number of sulfone groups is 1. The zero-order chi connectivity index (χ0) is 13.2. The highest BCUT2D eigenvalue weighted by Gasteiger charge is 2.19. The fourth-order valence-corrected chi connectivity index (χ4v) is 3.02. The van der Waals surface area contributed by atoms with E-state index in [-0.39, 0.29) is 16.4 Å². The van der Waals surface area contributed by atoms with Gasteiger partial charge in [0.1, 0.15) is 16.5 Å². The first-order chi connectivity index (χ1) is 8.49. The van der Waals surface area contributed by atoms with Gasteiger partial charge >= 0.3 is 0 Å². The molecule has 0 saturated heterocycles. The Kier molecular flexibility index (Phi) is 3.34. The van der Waals surface area contributed by atoms with Crippen molar-refractivity contribution < 1.29 is 17.9 Å². The van der Waals surface area contributed by atoms with E-state index in [0.29, 0.717) is 5.56 Å². The molecular weight excluding hydrogens is 255 g/mol. The maximum absolute atomic E-state index is 13.4. The Morgan fingerprint density at radius 3 is 2.22 bits per heavy atom. The van der Waals surface area contributed by atoms with Gasteiger partial charge in [-0.15, -0.1) is 0 Å². The quantitative estimate of drug-likeness (QED) is 0.928. The third kappa shape index (κ3) is 2.68. The van der Waals surface area contributed by atoms with Gasteiger partial charge in [-0.3, -0.25) is 0 Å². The summed E-state index contributed by atoms with van der Waals surface area (Å²) in [5.74, 6) is -0.993. The third-order valence-electron chi connectivity index (χ3n) is 2.46. The predicted molar refractivity (Wildman–Crippen MR) is 65.4 cm³/mol. The van der Waals surface area contributed by atoms with Crippen molar-refractivity contribution in [2.24, 2.45) is 0 Å². The van der Waals surface area contributed by atoms with Crippen molar-refractivity contribution in [2.45, 2.75) is 10.6 Å². The van der Waals surface area contributed by atoms with Crippen LogP contribution in [0.1, 0.15) is 5.56 Å². The average Bonchev–Trinajstić information content (AvgIpc) is 2.32. The van der Waals surface area contributed by atoms with Gasteiger partial charge in [0.2, 0.25) is 0 Å². The molecule has 0 aliphatic heterocycles. The van der Waals surface area contributed by atoms with E-state index in [0.717, 1.165) is 6.07 Å². The zero-order valence-electron chi connectivity index (χ0n) is 9.38. The third-order valence-corrected chi connectivity index (χ3v) is 4.18. The maximum Gasteiger partial charge on any atom is 0.185 e. The Morgan fingerprint density at radius 1 is 1.00 bits per heavy atom. The summed E-state index contributed by atoms with van der Waals surface area (Å²) in [4.78, 5) is -0.307. The molecule has 2 aromatic carbocycles. The fraction of sp³-hybridized carbons (Fsp3) is 0.0769. The van der Waals surface area contributed by atoms with Crippen LogP contribution in [0.5, 0.6) is 5.75 Å². The van der Waals surface area contributed by atoms with Crippen LogP contribution in [-0.4, -0.2) is 13.5 Å². The van der Waals surface area contributed by atoms with Crippen LogP contribution in [0.2, 0.25) is 0 Å². The highest BCUT2D eigenvalue weighted by Crippen LogP contribution is 2.20. The lowest BCUT2D eigenvalue weighted by molar-refractivity contribution is 0.475. The molecule has 0 heterocycles. The number of aromatic hydroxyl groups is 1. The van der Waals surface area contributed by atoms with Crippen molar-refractivity contribution in [3.8, 4) is 5.75 Å². The van der Waals surface area contributed by atoms with Crippen LogP contribution < -0.4 is 0 Å². The summed E-state index contributed by atoms with van der Waals surface area (Å²) in [5, 5.41) is 9.11. The normalized spacial score (nSPS) is 11.4. The van der Waals surface area contributed by atoms with Gasteiger partial charge < -0.3 is 5.11 Å². The maximum atomic E-state index is 13.4. The van der Waals surface area contributed by atoms with Crippen molar-refractivity contribution in [2.75, 3.05) is 0 Å². The van der Waals surface area contributed by atoms with E-state index in [9.17, 15) is 12.8 Å². The SMILES string of the molecule is O=S(=O)(Cc1ccc(O)cc1)c1ccccc1F. The highest BCUT2D eigenvalue weighted by molar-refractivity contribution is 7.90.